The second-order valence-corrected chi connectivity index (χ2v) is 6.41. The summed E-state index contributed by atoms with van der Waals surface area (Å²) < 4.78 is 1.52. The van der Waals surface area contributed by atoms with E-state index in [4.69, 9.17) is 0 Å². The fourth-order valence-corrected chi connectivity index (χ4v) is 2.79. The number of carbonyl (C=O) groups excluding carboxylic acids is 2. The van der Waals surface area contributed by atoms with Crippen LogP contribution in [0.1, 0.15) is 32.4 Å². The van der Waals surface area contributed by atoms with Gasteiger partial charge in [0.2, 0.25) is 5.82 Å². The molecule has 0 bridgehead atoms. The number of carbonyl (C=O) groups is 2. The van der Waals surface area contributed by atoms with Crippen LogP contribution in [-0.4, -0.2) is 36.4 Å². The van der Waals surface area contributed by atoms with E-state index in [-0.39, 0.29) is 11.7 Å². The van der Waals surface area contributed by atoms with Gasteiger partial charge in [0, 0.05) is 28.8 Å². The minimum atomic E-state index is -0.458. The molecule has 0 fully saturated rings. The predicted molar refractivity (Wildman–Crippen MR) is 107 cm³/mol. The van der Waals surface area contributed by atoms with Gasteiger partial charge in [-0.05, 0) is 56.3 Å². The maximum Gasteiger partial charge on any atom is 0.295 e. The fraction of sp³-hybridized carbons (Fsp3) is 0.100. The average Bonchev–Trinajstić information content (AvgIpc) is 3.14. The number of aryl methyl sites for hydroxylation is 2. The van der Waals surface area contributed by atoms with Gasteiger partial charge in [-0.15, -0.1) is 5.10 Å². The van der Waals surface area contributed by atoms with Crippen LogP contribution in [0.4, 0.5) is 11.4 Å². The molecule has 144 valence electrons. The Balaban J connectivity index is 1.46. The Kier molecular flexibility index (Phi) is 4.70. The lowest BCUT2D eigenvalue weighted by Crippen LogP contribution is -2.15. The van der Waals surface area contributed by atoms with Gasteiger partial charge in [-0.2, -0.15) is 4.98 Å². The van der Waals surface area contributed by atoms with E-state index in [9.17, 15) is 9.59 Å². The van der Waals surface area contributed by atoms with Gasteiger partial charge >= 0.3 is 0 Å². The zero-order chi connectivity index (χ0) is 20.4. The summed E-state index contributed by atoms with van der Waals surface area (Å²) in [5.74, 6) is -0.338. The van der Waals surface area contributed by atoms with Crippen LogP contribution in [0.5, 0.6) is 0 Å². The van der Waals surface area contributed by atoms with Crippen molar-refractivity contribution in [3.8, 4) is 0 Å². The Bertz CT molecular complexity index is 1200. The number of aromatic nitrogens is 5. The summed E-state index contributed by atoms with van der Waals surface area (Å²) in [7, 11) is 0. The molecule has 0 saturated carbocycles. The standard InChI is InChI=1S/C20H17N7O2/c1-12-10-13(2)27-20(22-12)25-17(26-27)19(29)23-15-7-5-14(6-8-15)18(28)24-16-4-3-9-21-11-16/h3-11H,1-2H3,(H,23,29)(H,24,28). The lowest BCUT2D eigenvalue weighted by atomic mass is 10.2. The van der Waals surface area contributed by atoms with Crippen molar-refractivity contribution >= 4 is 29.0 Å². The highest BCUT2D eigenvalue weighted by molar-refractivity contribution is 6.05. The van der Waals surface area contributed by atoms with E-state index in [1.54, 1.807) is 48.8 Å². The molecule has 4 rings (SSSR count). The molecule has 0 saturated heterocycles. The molecule has 4 aromatic rings. The third-order valence-corrected chi connectivity index (χ3v) is 4.15. The molecule has 9 heteroatoms. The summed E-state index contributed by atoms with van der Waals surface area (Å²) in [4.78, 5) is 37.2. The number of hydrogen-bond donors (Lipinski definition) is 2. The number of rotatable bonds is 4. The van der Waals surface area contributed by atoms with Gasteiger partial charge in [-0.1, -0.05) is 0 Å². The molecule has 0 aliphatic heterocycles. The largest absolute Gasteiger partial charge is 0.321 e. The Morgan fingerprint density at radius 2 is 1.69 bits per heavy atom. The van der Waals surface area contributed by atoms with E-state index >= 15 is 0 Å². The van der Waals surface area contributed by atoms with E-state index in [2.05, 4.69) is 30.7 Å². The smallest absolute Gasteiger partial charge is 0.295 e. The van der Waals surface area contributed by atoms with Crippen molar-refractivity contribution in [3.63, 3.8) is 0 Å². The minimum Gasteiger partial charge on any atom is -0.321 e. The first-order valence-electron chi connectivity index (χ1n) is 8.83. The normalized spacial score (nSPS) is 10.7. The Morgan fingerprint density at radius 1 is 0.931 bits per heavy atom. The molecule has 0 atom stereocenters. The molecule has 0 aliphatic rings. The molecule has 3 heterocycles. The van der Waals surface area contributed by atoms with Crippen LogP contribution in [0.2, 0.25) is 0 Å². The van der Waals surface area contributed by atoms with Gasteiger partial charge in [-0.25, -0.2) is 9.50 Å². The monoisotopic (exact) mass is 387 g/mol. The van der Waals surface area contributed by atoms with E-state index in [0.717, 1.165) is 11.4 Å². The lowest BCUT2D eigenvalue weighted by Gasteiger charge is -2.06. The van der Waals surface area contributed by atoms with E-state index in [1.807, 2.05) is 19.9 Å². The zero-order valence-corrected chi connectivity index (χ0v) is 15.7. The van der Waals surface area contributed by atoms with Crippen molar-refractivity contribution in [1.29, 1.82) is 0 Å². The quantitative estimate of drug-likeness (QED) is 0.556. The van der Waals surface area contributed by atoms with E-state index < -0.39 is 5.91 Å². The number of fused-ring (bicyclic) bond motifs is 1. The minimum absolute atomic E-state index is 0.0181. The summed E-state index contributed by atoms with van der Waals surface area (Å²) in [5.41, 5.74) is 3.21. The topological polar surface area (TPSA) is 114 Å². The highest BCUT2D eigenvalue weighted by Crippen LogP contribution is 2.13. The van der Waals surface area contributed by atoms with Gasteiger partial charge in [-0.3, -0.25) is 14.6 Å². The maximum atomic E-state index is 12.5. The first kappa shape index (κ1) is 18.2. The number of nitrogens with zero attached hydrogens (tertiary/aromatic N) is 5. The molecule has 0 aliphatic carbocycles. The maximum absolute atomic E-state index is 12.5. The predicted octanol–water partition coefficient (Wildman–Crippen LogP) is 2.64. The van der Waals surface area contributed by atoms with Crippen molar-refractivity contribution in [2.75, 3.05) is 10.6 Å². The molecule has 0 unspecified atom stereocenters. The highest BCUT2D eigenvalue weighted by Gasteiger charge is 2.15. The second kappa shape index (κ2) is 7.47. The van der Waals surface area contributed by atoms with Crippen LogP contribution < -0.4 is 10.6 Å². The molecule has 9 nitrogen and oxygen atoms in total. The number of amides is 2. The van der Waals surface area contributed by atoms with Gasteiger partial charge < -0.3 is 10.6 Å². The zero-order valence-electron chi connectivity index (χ0n) is 15.7. The van der Waals surface area contributed by atoms with Crippen molar-refractivity contribution < 1.29 is 9.59 Å². The van der Waals surface area contributed by atoms with Crippen LogP contribution >= 0.6 is 0 Å². The Labute approximate surface area is 165 Å². The molecule has 1 aromatic carbocycles. The van der Waals surface area contributed by atoms with Crippen molar-refractivity contribution in [2.45, 2.75) is 13.8 Å². The van der Waals surface area contributed by atoms with E-state index in [1.165, 1.54) is 4.52 Å². The van der Waals surface area contributed by atoms with Gasteiger partial charge in [0.25, 0.3) is 17.6 Å². The molecular formula is C20H17N7O2. The summed E-state index contributed by atoms with van der Waals surface area (Å²) >= 11 is 0. The molecule has 2 amide bonds. The average molecular weight is 387 g/mol. The Hall–Kier alpha value is -4.14. The van der Waals surface area contributed by atoms with Crippen molar-refractivity contribution in [3.05, 3.63) is 77.6 Å². The van der Waals surface area contributed by atoms with Crippen LogP contribution in [0, 0.1) is 13.8 Å². The number of anilines is 2. The second-order valence-electron chi connectivity index (χ2n) is 6.41. The molecule has 0 spiro atoms. The summed E-state index contributed by atoms with van der Waals surface area (Å²) in [5, 5.41) is 9.68. The highest BCUT2D eigenvalue weighted by atomic mass is 16.2. The summed E-state index contributed by atoms with van der Waals surface area (Å²) in [6.45, 7) is 3.72. The third-order valence-electron chi connectivity index (χ3n) is 4.15. The molecule has 3 aromatic heterocycles. The number of nitrogens with one attached hydrogen (secondary N) is 2. The SMILES string of the molecule is Cc1cc(C)n2nc(C(=O)Nc3ccc(C(=O)Nc4cccnc4)cc3)nc2n1. The fourth-order valence-electron chi connectivity index (χ4n) is 2.79. The lowest BCUT2D eigenvalue weighted by molar-refractivity contribution is 0.101. The molecule has 29 heavy (non-hydrogen) atoms. The first-order chi connectivity index (χ1) is 14.0. The number of hydrogen-bond acceptors (Lipinski definition) is 6. The van der Waals surface area contributed by atoms with Crippen LogP contribution in [-0.2, 0) is 0 Å². The van der Waals surface area contributed by atoms with Crippen LogP contribution in [0.15, 0.2) is 54.9 Å². The van der Waals surface area contributed by atoms with Crippen molar-refractivity contribution in [2.24, 2.45) is 0 Å². The molecule has 2 N–H and O–H groups in total. The van der Waals surface area contributed by atoms with Crippen molar-refractivity contribution in [1.82, 2.24) is 24.6 Å². The number of pyridine rings is 1. The number of benzene rings is 1. The summed E-state index contributed by atoms with van der Waals surface area (Å²) in [6, 6.07) is 11.9. The Morgan fingerprint density at radius 3 is 2.41 bits per heavy atom. The third kappa shape index (κ3) is 3.93. The van der Waals surface area contributed by atoms with Gasteiger partial charge in [0.05, 0.1) is 11.9 Å². The van der Waals surface area contributed by atoms with Crippen LogP contribution in [0.3, 0.4) is 0 Å². The van der Waals surface area contributed by atoms with Gasteiger partial charge in [0.1, 0.15) is 0 Å². The van der Waals surface area contributed by atoms with Gasteiger partial charge in [0.15, 0.2) is 0 Å². The van der Waals surface area contributed by atoms with Crippen LogP contribution in [0.25, 0.3) is 5.78 Å². The first-order valence-corrected chi connectivity index (χ1v) is 8.83. The summed E-state index contributed by atoms with van der Waals surface area (Å²) in [6.07, 6.45) is 3.19. The van der Waals surface area contributed by atoms with E-state index in [0.29, 0.717) is 22.7 Å². The molecular weight excluding hydrogens is 370 g/mol. The molecule has 0 radical (unpaired) electrons.